The monoisotopic (exact) mass is 264 g/mol. The summed E-state index contributed by atoms with van der Waals surface area (Å²) in [5.74, 6) is -1.16. The van der Waals surface area contributed by atoms with Crippen LogP contribution in [-0.2, 0) is 11.2 Å². The van der Waals surface area contributed by atoms with Gasteiger partial charge in [-0.15, -0.1) is 11.3 Å². The Hall–Kier alpha value is -0.390. The minimum Gasteiger partial charge on any atom is -0.479 e. The molecular formula is C8H9BrO3S. The van der Waals surface area contributed by atoms with Crippen molar-refractivity contribution in [1.82, 2.24) is 0 Å². The van der Waals surface area contributed by atoms with Crippen molar-refractivity contribution in [3.63, 3.8) is 0 Å². The molecule has 0 bridgehead atoms. The first-order valence-corrected chi connectivity index (χ1v) is 5.35. The van der Waals surface area contributed by atoms with Gasteiger partial charge in [0, 0.05) is 4.88 Å². The average molecular weight is 265 g/mol. The fourth-order valence-corrected chi connectivity index (χ4v) is 2.39. The third-order valence-corrected chi connectivity index (χ3v) is 3.26. The van der Waals surface area contributed by atoms with Gasteiger partial charge in [0.25, 0.3) is 0 Å². The topological polar surface area (TPSA) is 57.5 Å². The van der Waals surface area contributed by atoms with Gasteiger partial charge in [-0.25, -0.2) is 4.79 Å². The zero-order valence-electron chi connectivity index (χ0n) is 6.74. The molecule has 0 aliphatic rings. The Labute approximate surface area is 88.1 Å². The van der Waals surface area contributed by atoms with Crippen LogP contribution in [0.2, 0.25) is 0 Å². The lowest BCUT2D eigenvalue weighted by Gasteiger charge is -2.02. The number of aliphatic hydroxyl groups is 1. The molecule has 1 rings (SSSR count). The minimum absolute atomic E-state index is 0.266. The molecule has 13 heavy (non-hydrogen) atoms. The average Bonchev–Trinajstić information content (AvgIpc) is 2.47. The van der Waals surface area contributed by atoms with Crippen LogP contribution in [-0.4, -0.2) is 22.3 Å². The highest BCUT2D eigenvalue weighted by Gasteiger charge is 2.12. The zero-order chi connectivity index (χ0) is 9.84. The van der Waals surface area contributed by atoms with E-state index in [-0.39, 0.29) is 6.42 Å². The third kappa shape index (κ3) is 3.46. The molecule has 0 radical (unpaired) electrons. The number of rotatable bonds is 4. The molecule has 0 aromatic carbocycles. The van der Waals surface area contributed by atoms with Gasteiger partial charge in [0.15, 0.2) is 6.10 Å². The summed E-state index contributed by atoms with van der Waals surface area (Å²) in [6.45, 7) is 0. The molecule has 0 aliphatic carbocycles. The molecule has 1 atom stereocenters. The van der Waals surface area contributed by atoms with Gasteiger partial charge in [-0.05, 0) is 40.9 Å². The number of thiophene rings is 1. The second-order valence-electron chi connectivity index (χ2n) is 2.60. The molecule has 0 saturated carbocycles. The molecule has 3 nitrogen and oxygen atoms in total. The number of halogens is 1. The lowest BCUT2D eigenvalue weighted by atomic mass is 10.2. The molecule has 5 heteroatoms. The first-order chi connectivity index (χ1) is 6.09. The van der Waals surface area contributed by atoms with Crippen LogP contribution < -0.4 is 0 Å². The number of hydrogen-bond donors (Lipinski definition) is 2. The molecule has 0 aliphatic heterocycles. The Bertz CT molecular complexity index is 297. The summed E-state index contributed by atoms with van der Waals surface area (Å²) < 4.78 is 1.02. The molecule has 0 fully saturated rings. The molecular weight excluding hydrogens is 256 g/mol. The van der Waals surface area contributed by atoms with E-state index in [1.165, 1.54) is 0 Å². The highest BCUT2D eigenvalue weighted by Crippen LogP contribution is 2.23. The minimum atomic E-state index is -1.25. The van der Waals surface area contributed by atoms with Crippen LogP contribution in [0.5, 0.6) is 0 Å². The van der Waals surface area contributed by atoms with Crippen LogP contribution in [0, 0.1) is 0 Å². The molecule has 2 N–H and O–H groups in total. The van der Waals surface area contributed by atoms with E-state index in [1.807, 2.05) is 12.1 Å². The van der Waals surface area contributed by atoms with Crippen LogP contribution >= 0.6 is 27.3 Å². The van der Waals surface area contributed by atoms with E-state index >= 15 is 0 Å². The van der Waals surface area contributed by atoms with E-state index in [1.54, 1.807) is 11.3 Å². The number of aliphatic hydroxyl groups excluding tert-OH is 1. The van der Waals surface area contributed by atoms with E-state index in [2.05, 4.69) is 15.9 Å². The summed E-state index contributed by atoms with van der Waals surface area (Å²) in [6.07, 6.45) is -0.382. The lowest BCUT2D eigenvalue weighted by molar-refractivity contribution is -0.146. The first kappa shape index (κ1) is 10.7. The van der Waals surface area contributed by atoms with E-state index < -0.39 is 12.1 Å². The van der Waals surface area contributed by atoms with E-state index in [0.29, 0.717) is 6.42 Å². The fraction of sp³-hybridized carbons (Fsp3) is 0.375. The van der Waals surface area contributed by atoms with Gasteiger partial charge >= 0.3 is 5.97 Å². The quantitative estimate of drug-likeness (QED) is 0.874. The van der Waals surface area contributed by atoms with Crippen LogP contribution in [0.3, 0.4) is 0 Å². The Kier molecular flexibility index (Phi) is 3.90. The van der Waals surface area contributed by atoms with Crippen molar-refractivity contribution in [3.8, 4) is 0 Å². The number of hydrogen-bond acceptors (Lipinski definition) is 3. The molecule has 1 heterocycles. The van der Waals surface area contributed by atoms with Gasteiger partial charge in [-0.2, -0.15) is 0 Å². The third-order valence-electron chi connectivity index (χ3n) is 1.58. The number of aliphatic carboxylic acids is 1. The van der Waals surface area contributed by atoms with Crippen molar-refractivity contribution in [1.29, 1.82) is 0 Å². The Morgan fingerprint density at radius 1 is 1.62 bits per heavy atom. The number of carboxylic acids is 1. The van der Waals surface area contributed by atoms with Crippen molar-refractivity contribution in [2.24, 2.45) is 0 Å². The summed E-state index contributed by atoms with van der Waals surface area (Å²) in [4.78, 5) is 11.3. The summed E-state index contributed by atoms with van der Waals surface area (Å²) in [5, 5.41) is 17.4. The maximum absolute atomic E-state index is 10.3. The Balaban J connectivity index is 2.39. The Morgan fingerprint density at radius 2 is 2.31 bits per heavy atom. The van der Waals surface area contributed by atoms with Crippen molar-refractivity contribution in [3.05, 3.63) is 20.8 Å². The number of aryl methyl sites for hydroxylation is 1. The van der Waals surface area contributed by atoms with Gasteiger partial charge in [-0.3, -0.25) is 0 Å². The zero-order valence-corrected chi connectivity index (χ0v) is 9.14. The lowest BCUT2D eigenvalue weighted by Crippen LogP contribution is -2.19. The molecule has 1 aromatic heterocycles. The van der Waals surface area contributed by atoms with E-state index in [9.17, 15) is 4.79 Å². The van der Waals surface area contributed by atoms with Gasteiger partial charge in [0.2, 0.25) is 0 Å². The summed E-state index contributed by atoms with van der Waals surface area (Å²) in [5.41, 5.74) is 0. The second kappa shape index (κ2) is 4.74. The van der Waals surface area contributed by atoms with E-state index in [0.717, 1.165) is 8.66 Å². The molecule has 0 spiro atoms. The van der Waals surface area contributed by atoms with Crippen molar-refractivity contribution in [2.75, 3.05) is 0 Å². The maximum atomic E-state index is 10.3. The smallest absolute Gasteiger partial charge is 0.332 e. The molecule has 0 saturated heterocycles. The van der Waals surface area contributed by atoms with Crippen LogP contribution in [0.1, 0.15) is 11.3 Å². The van der Waals surface area contributed by atoms with Gasteiger partial charge in [0.05, 0.1) is 3.79 Å². The molecule has 0 amide bonds. The van der Waals surface area contributed by atoms with Crippen molar-refractivity contribution < 1.29 is 15.0 Å². The highest BCUT2D eigenvalue weighted by atomic mass is 79.9. The van der Waals surface area contributed by atoms with Gasteiger partial charge in [0.1, 0.15) is 0 Å². The molecule has 1 unspecified atom stereocenters. The largest absolute Gasteiger partial charge is 0.479 e. The van der Waals surface area contributed by atoms with Gasteiger partial charge in [-0.1, -0.05) is 0 Å². The molecule has 72 valence electrons. The number of carbonyl (C=O) groups is 1. The van der Waals surface area contributed by atoms with Crippen molar-refractivity contribution in [2.45, 2.75) is 18.9 Å². The van der Waals surface area contributed by atoms with Crippen molar-refractivity contribution >= 4 is 33.2 Å². The SMILES string of the molecule is O=C(O)C(O)CCc1ccc(Br)s1. The maximum Gasteiger partial charge on any atom is 0.332 e. The normalized spacial score (nSPS) is 12.8. The van der Waals surface area contributed by atoms with Crippen LogP contribution in [0.25, 0.3) is 0 Å². The highest BCUT2D eigenvalue weighted by molar-refractivity contribution is 9.11. The summed E-state index contributed by atoms with van der Waals surface area (Å²) in [7, 11) is 0. The predicted octanol–water partition coefficient (Wildman–Crippen LogP) is 1.89. The second-order valence-corrected chi connectivity index (χ2v) is 5.15. The predicted molar refractivity (Wildman–Crippen MR) is 54.0 cm³/mol. The number of carboxylic acid groups (broad SMARTS) is 1. The molecule has 1 aromatic rings. The van der Waals surface area contributed by atoms with Gasteiger partial charge < -0.3 is 10.2 Å². The fourth-order valence-electron chi connectivity index (χ4n) is 0.889. The summed E-state index contributed by atoms with van der Waals surface area (Å²) >= 11 is 4.86. The first-order valence-electron chi connectivity index (χ1n) is 3.74. The standard InChI is InChI=1S/C8H9BrO3S/c9-7-4-2-5(13-7)1-3-6(10)8(11)12/h2,4,6,10H,1,3H2,(H,11,12). The van der Waals surface area contributed by atoms with E-state index in [4.69, 9.17) is 10.2 Å². The van der Waals surface area contributed by atoms with Crippen LogP contribution in [0.4, 0.5) is 0 Å². The summed E-state index contributed by atoms with van der Waals surface area (Å²) in [6, 6.07) is 3.83. The van der Waals surface area contributed by atoms with Crippen LogP contribution in [0.15, 0.2) is 15.9 Å². The Morgan fingerprint density at radius 3 is 2.77 bits per heavy atom.